The summed E-state index contributed by atoms with van der Waals surface area (Å²) in [6.45, 7) is 6.37. The van der Waals surface area contributed by atoms with Crippen LogP contribution in [-0.4, -0.2) is 9.78 Å². The van der Waals surface area contributed by atoms with Gasteiger partial charge in [0, 0.05) is 5.69 Å². The highest BCUT2D eigenvalue weighted by atomic mass is 15.3. The Morgan fingerprint density at radius 3 is 2.40 bits per heavy atom. The second-order valence-electron chi connectivity index (χ2n) is 3.88. The Morgan fingerprint density at radius 2 is 1.80 bits per heavy atom. The summed E-state index contributed by atoms with van der Waals surface area (Å²) in [5.41, 5.74) is 4.98. The van der Waals surface area contributed by atoms with Gasteiger partial charge in [0.1, 0.15) is 0 Å². The fourth-order valence-corrected chi connectivity index (χ4v) is 1.79. The lowest BCUT2D eigenvalue weighted by Gasteiger charge is -2.06. The Bertz CT molecular complexity index is 452. The van der Waals surface area contributed by atoms with Crippen molar-refractivity contribution in [3.05, 3.63) is 47.3 Å². The van der Waals surface area contributed by atoms with Crippen LogP contribution in [0.3, 0.4) is 0 Å². The monoisotopic (exact) mass is 200 g/mol. The van der Waals surface area contributed by atoms with E-state index in [0.29, 0.717) is 0 Å². The fraction of sp³-hybridized carbons (Fsp3) is 0.308. The molecule has 1 aromatic carbocycles. The summed E-state index contributed by atoms with van der Waals surface area (Å²) >= 11 is 0. The molecule has 0 amide bonds. The third kappa shape index (κ3) is 1.80. The molecule has 1 aromatic heterocycles. The molecule has 0 N–H and O–H groups in total. The Balaban J connectivity index is 2.49. The van der Waals surface area contributed by atoms with Crippen molar-refractivity contribution >= 4 is 0 Å². The van der Waals surface area contributed by atoms with Crippen LogP contribution >= 0.6 is 0 Å². The van der Waals surface area contributed by atoms with Gasteiger partial charge in [-0.05, 0) is 38.0 Å². The Hall–Kier alpha value is -1.57. The van der Waals surface area contributed by atoms with Gasteiger partial charge in [0.15, 0.2) is 0 Å². The standard InChI is InChI=1S/C13H16N2/c1-4-13-11(3)9-14-15(13)12-7-5-10(2)6-8-12/h5-9H,4H2,1-3H3. The van der Waals surface area contributed by atoms with E-state index in [2.05, 4.69) is 50.1 Å². The normalized spacial score (nSPS) is 10.6. The Kier molecular flexibility index (Phi) is 2.58. The number of nitrogens with zero attached hydrogens (tertiary/aromatic N) is 2. The van der Waals surface area contributed by atoms with Crippen molar-refractivity contribution in [1.29, 1.82) is 0 Å². The maximum Gasteiger partial charge on any atom is 0.0649 e. The molecule has 0 saturated heterocycles. The SMILES string of the molecule is CCc1c(C)cnn1-c1ccc(C)cc1. The first-order valence-electron chi connectivity index (χ1n) is 5.33. The number of rotatable bonds is 2. The van der Waals surface area contributed by atoms with Crippen molar-refractivity contribution in [3.63, 3.8) is 0 Å². The molecule has 2 heteroatoms. The summed E-state index contributed by atoms with van der Waals surface area (Å²) in [4.78, 5) is 0. The lowest BCUT2D eigenvalue weighted by Crippen LogP contribution is -2.01. The van der Waals surface area contributed by atoms with E-state index in [1.165, 1.54) is 16.8 Å². The summed E-state index contributed by atoms with van der Waals surface area (Å²) < 4.78 is 2.02. The molecule has 0 radical (unpaired) electrons. The molecule has 0 aliphatic carbocycles. The highest BCUT2D eigenvalue weighted by molar-refractivity contribution is 5.36. The smallest absolute Gasteiger partial charge is 0.0649 e. The quantitative estimate of drug-likeness (QED) is 0.728. The van der Waals surface area contributed by atoms with Gasteiger partial charge in [-0.25, -0.2) is 4.68 Å². The minimum Gasteiger partial charge on any atom is -0.238 e. The average molecular weight is 200 g/mol. The molecule has 2 aromatic rings. The molecule has 0 spiro atoms. The number of benzene rings is 1. The zero-order valence-electron chi connectivity index (χ0n) is 9.49. The molecule has 0 aliphatic rings. The van der Waals surface area contributed by atoms with Gasteiger partial charge in [-0.1, -0.05) is 24.6 Å². The van der Waals surface area contributed by atoms with Gasteiger partial charge in [0.25, 0.3) is 0 Å². The van der Waals surface area contributed by atoms with E-state index in [9.17, 15) is 0 Å². The molecular weight excluding hydrogens is 184 g/mol. The van der Waals surface area contributed by atoms with Crippen LogP contribution in [0.2, 0.25) is 0 Å². The van der Waals surface area contributed by atoms with E-state index in [-0.39, 0.29) is 0 Å². The number of hydrogen-bond acceptors (Lipinski definition) is 1. The Morgan fingerprint density at radius 1 is 1.13 bits per heavy atom. The van der Waals surface area contributed by atoms with Crippen LogP contribution < -0.4 is 0 Å². The zero-order valence-corrected chi connectivity index (χ0v) is 9.49. The highest BCUT2D eigenvalue weighted by Gasteiger charge is 2.06. The van der Waals surface area contributed by atoms with Crippen LogP contribution in [-0.2, 0) is 6.42 Å². The molecule has 0 saturated carbocycles. The van der Waals surface area contributed by atoms with E-state index in [1.807, 2.05) is 10.9 Å². The molecule has 0 bridgehead atoms. The molecule has 2 nitrogen and oxygen atoms in total. The maximum atomic E-state index is 4.40. The minimum absolute atomic E-state index is 1.01. The minimum atomic E-state index is 1.01. The molecule has 15 heavy (non-hydrogen) atoms. The summed E-state index contributed by atoms with van der Waals surface area (Å²) in [6.07, 6.45) is 2.94. The van der Waals surface area contributed by atoms with Crippen LogP contribution in [0.4, 0.5) is 0 Å². The number of aryl methyl sites for hydroxylation is 2. The largest absolute Gasteiger partial charge is 0.238 e. The van der Waals surface area contributed by atoms with E-state index in [0.717, 1.165) is 12.1 Å². The van der Waals surface area contributed by atoms with Crippen LogP contribution in [0.1, 0.15) is 23.7 Å². The lowest BCUT2D eigenvalue weighted by atomic mass is 10.2. The summed E-state index contributed by atoms with van der Waals surface area (Å²) in [5.74, 6) is 0. The van der Waals surface area contributed by atoms with Gasteiger partial charge in [0.05, 0.1) is 11.9 Å². The van der Waals surface area contributed by atoms with Gasteiger partial charge in [-0.3, -0.25) is 0 Å². The molecular formula is C13H16N2. The topological polar surface area (TPSA) is 17.8 Å². The molecule has 0 atom stereocenters. The first kappa shape index (κ1) is 9.97. The van der Waals surface area contributed by atoms with E-state index in [1.54, 1.807) is 0 Å². The van der Waals surface area contributed by atoms with Crippen molar-refractivity contribution < 1.29 is 0 Å². The van der Waals surface area contributed by atoms with Crippen LogP contribution in [0.5, 0.6) is 0 Å². The van der Waals surface area contributed by atoms with Crippen LogP contribution in [0, 0.1) is 13.8 Å². The Labute approximate surface area is 90.6 Å². The van der Waals surface area contributed by atoms with Crippen molar-refractivity contribution in [2.24, 2.45) is 0 Å². The molecule has 1 heterocycles. The van der Waals surface area contributed by atoms with E-state index >= 15 is 0 Å². The average Bonchev–Trinajstić information content (AvgIpc) is 2.61. The maximum absolute atomic E-state index is 4.40. The lowest BCUT2D eigenvalue weighted by molar-refractivity contribution is 0.811. The van der Waals surface area contributed by atoms with Gasteiger partial charge < -0.3 is 0 Å². The summed E-state index contributed by atoms with van der Waals surface area (Å²) in [5, 5.41) is 4.40. The summed E-state index contributed by atoms with van der Waals surface area (Å²) in [7, 11) is 0. The third-order valence-electron chi connectivity index (χ3n) is 2.69. The predicted octanol–water partition coefficient (Wildman–Crippen LogP) is 3.05. The number of aromatic nitrogens is 2. The zero-order chi connectivity index (χ0) is 10.8. The van der Waals surface area contributed by atoms with Crippen molar-refractivity contribution in [1.82, 2.24) is 9.78 Å². The van der Waals surface area contributed by atoms with Gasteiger partial charge >= 0.3 is 0 Å². The highest BCUT2D eigenvalue weighted by Crippen LogP contribution is 2.15. The second-order valence-corrected chi connectivity index (χ2v) is 3.88. The van der Waals surface area contributed by atoms with Crippen LogP contribution in [0.25, 0.3) is 5.69 Å². The molecule has 0 aliphatic heterocycles. The fourth-order valence-electron chi connectivity index (χ4n) is 1.79. The third-order valence-corrected chi connectivity index (χ3v) is 2.69. The summed E-state index contributed by atoms with van der Waals surface area (Å²) in [6, 6.07) is 8.46. The molecule has 78 valence electrons. The first-order valence-corrected chi connectivity index (χ1v) is 5.33. The van der Waals surface area contributed by atoms with Gasteiger partial charge in [0.2, 0.25) is 0 Å². The first-order chi connectivity index (χ1) is 7.22. The van der Waals surface area contributed by atoms with Crippen molar-refractivity contribution in [2.45, 2.75) is 27.2 Å². The number of hydrogen-bond donors (Lipinski definition) is 0. The van der Waals surface area contributed by atoms with Crippen molar-refractivity contribution in [2.75, 3.05) is 0 Å². The predicted molar refractivity (Wildman–Crippen MR) is 62.4 cm³/mol. The molecule has 0 unspecified atom stereocenters. The van der Waals surface area contributed by atoms with Gasteiger partial charge in [-0.2, -0.15) is 5.10 Å². The molecule has 0 fully saturated rings. The van der Waals surface area contributed by atoms with Crippen LogP contribution in [0.15, 0.2) is 30.5 Å². The second kappa shape index (κ2) is 3.89. The van der Waals surface area contributed by atoms with Gasteiger partial charge in [-0.15, -0.1) is 0 Å². The molecule has 2 rings (SSSR count). The van der Waals surface area contributed by atoms with Crippen molar-refractivity contribution in [3.8, 4) is 5.69 Å². The van der Waals surface area contributed by atoms with E-state index in [4.69, 9.17) is 0 Å². The van der Waals surface area contributed by atoms with E-state index < -0.39 is 0 Å².